The van der Waals surface area contributed by atoms with Crippen molar-refractivity contribution in [2.75, 3.05) is 7.11 Å². The third-order valence-electron chi connectivity index (χ3n) is 5.44. The maximum absolute atomic E-state index is 5.85. The SMILES string of the molecule is COc1cc(OCc2ccccn2)ccc1/C=C/c1cc(/C=C/c2cccc3[nH]ccc23)[nH]n1. The number of aromatic nitrogens is 4. The van der Waals surface area contributed by atoms with Crippen LogP contribution in [0, 0.1) is 0 Å². The van der Waals surface area contributed by atoms with Gasteiger partial charge in [-0.2, -0.15) is 5.10 Å². The van der Waals surface area contributed by atoms with Crippen LogP contribution < -0.4 is 9.47 Å². The van der Waals surface area contributed by atoms with Gasteiger partial charge in [0.1, 0.15) is 18.1 Å². The fourth-order valence-electron chi connectivity index (χ4n) is 3.69. The highest BCUT2D eigenvalue weighted by molar-refractivity contribution is 5.91. The molecule has 0 spiro atoms. The summed E-state index contributed by atoms with van der Waals surface area (Å²) < 4.78 is 11.4. The minimum absolute atomic E-state index is 0.404. The van der Waals surface area contributed by atoms with Gasteiger partial charge in [0.05, 0.1) is 24.2 Å². The van der Waals surface area contributed by atoms with Crippen molar-refractivity contribution >= 4 is 35.2 Å². The summed E-state index contributed by atoms with van der Waals surface area (Å²) in [4.78, 5) is 7.51. The summed E-state index contributed by atoms with van der Waals surface area (Å²) in [5, 5.41) is 8.65. The summed E-state index contributed by atoms with van der Waals surface area (Å²) in [7, 11) is 1.65. The van der Waals surface area contributed by atoms with Gasteiger partial charge in [0.25, 0.3) is 0 Å². The van der Waals surface area contributed by atoms with Crippen LogP contribution in [-0.2, 0) is 6.61 Å². The Morgan fingerprint density at radius 1 is 0.882 bits per heavy atom. The van der Waals surface area contributed by atoms with Crippen molar-refractivity contribution in [2.45, 2.75) is 6.61 Å². The summed E-state index contributed by atoms with van der Waals surface area (Å²) >= 11 is 0. The molecular formula is C28H24N4O2. The number of fused-ring (bicyclic) bond motifs is 1. The lowest BCUT2D eigenvalue weighted by molar-refractivity contribution is 0.299. The molecule has 0 saturated carbocycles. The van der Waals surface area contributed by atoms with E-state index in [-0.39, 0.29) is 0 Å². The van der Waals surface area contributed by atoms with E-state index < -0.39 is 0 Å². The van der Waals surface area contributed by atoms with E-state index in [9.17, 15) is 0 Å². The normalized spacial score (nSPS) is 11.6. The number of ether oxygens (including phenoxy) is 2. The molecule has 34 heavy (non-hydrogen) atoms. The van der Waals surface area contributed by atoms with Crippen molar-refractivity contribution in [1.29, 1.82) is 0 Å². The van der Waals surface area contributed by atoms with E-state index >= 15 is 0 Å². The van der Waals surface area contributed by atoms with Gasteiger partial charge in [0.2, 0.25) is 0 Å². The molecule has 6 heteroatoms. The zero-order valence-corrected chi connectivity index (χ0v) is 18.7. The van der Waals surface area contributed by atoms with Crippen LogP contribution in [0.3, 0.4) is 0 Å². The Balaban J connectivity index is 1.26. The molecule has 5 aromatic rings. The number of nitrogens with zero attached hydrogens (tertiary/aromatic N) is 2. The molecule has 2 N–H and O–H groups in total. The minimum Gasteiger partial charge on any atom is -0.496 e. The standard InChI is InChI=1S/C28H24N4O2/c1-33-28-18-25(34-19-24-6-2-3-15-29-24)13-10-21(28)9-12-23-17-22(31-32-23)11-8-20-5-4-7-27-26(20)14-16-30-27/h2-18,30H,19H2,1H3,(H,31,32)/b11-8+,12-9+. The van der Waals surface area contributed by atoms with Crippen LogP contribution in [-0.4, -0.2) is 27.3 Å². The van der Waals surface area contributed by atoms with Gasteiger partial charge in [-0.15, -0.1) is 0 Å². The Kier molecular flexibility index (Phi) is 6.21. The lowest BCUT2D eigenvalue weighted by Crippen LogP contribution is -1.98. The van der Waals surface area contributed by atoms with Crippen molar-refractivity contribution in [3.8, 4) is 11.5 Å². The number of nitrogens with one attached hydrogen (secondary N) is 2. The molecule has 0 radical (unpaired) electrons. The van der Waals surface area contributed by atoms with Gasteiger partial charge >= 0.3 is 0 Å². The fourth-order valence-corrected chi connectivity index (χ4v) is 3.69. The molecule has 2 aromatic carbocycles. The summed E-state index contributed by atoms with van der Waals surface area (Å²) in [5.41, 5.74) is 5.85. The lowest BCUT2D eigenvalue weighted by atomic mass is 10.1. The predicted octanol–water partition coefficient (Wildman–Crippen LogP) is 6.21. The Morgan fingerprint density at radius 2 is 1.82 bits per heavy atom. The van der Waals surface area contributed by atoms with Crippen molar-refractivity contribution < 1.29 is 9.47 Å². The Labute approximate surface area is 197 Å². The zero-order chi connectivity index (χ0) is 23.2. The molecule has 0 aliphatic heterocycles. The Bertz CT molecular complexity index is 1450. The van der Waals surface area contributed by atoms with Gasteiger partial charge in [-0.05, 0) is 66.3 Å². The van der Waals surface area contributed by atoms with E-state index in [1.807, 2.05) is 73.0 Å². The van der Waals surface area contributed by atoms with E-state index in [1.165, 1.54) is 5.39 Å². The van der Waals surface area contributed by atoms with Crippen molar-refractivity contribution in [2.24, 2.45) is 0 Å². The molecule has 168 valence electrons. The second-order valence-corrected chi connectivity index (χ2v) is 7.71. The minimum atomic E-state index is 0.404. The highest BCUT2D eigenvalue weighted by Crippen LogP contribution is 2.27. The second kappa shape index (κ2) is 9.92. The molecule has 0 unspecified atom stereocenters. The van der Waals surface area contributed by atoms with Crippen LogP contribution in [0.1, 0.15) is 28.2 Å². The van der Waals surface area contributed by atoms with E-state index in [4.69, 9.17) is 9.47 Å². The van der Waals surface area contributed by atoms with E-state index in [1.54, 1.807) is 13.3 Å². The first kappa shape index (κ1) is 21.3. The predicted molar refractivity (Wildman–Crippen MR) is 136 cm³/mol. The van der Waals surface area contributed by atoms with Crippen LogP contribution in [0.15, 0.2) is 79.1 Å². The highest BCUT2D eigenvalue weighted by Gasteiger charge is 2.05. The number of hydrogen-bond donors (Lipinski definition) is 2. The first-order valence-corrected chi connectivity index (χ1v) is 11.0. The van der Waals surface area contributed by atoms with Crippen molar-refractivity contribution in [3.63, 3.8) is 0 Å². The molecule has 0 aliphatic carbocycles. The molecule has 0 aliphatic rings. The summed E-state index contributed by atoms with van der Waals surface area (Å²) in [6, 6.07) is 21.8. The number of rotatable bonds is 8. The molecule has 0 fully saturated rings. The van der Waals surface area contributed by atoms with Crippen molar-refractivity contribution in [3.05, 3.63) is 107 Å². The first-order valence-electron chi connectivity index (χ1n) is 11.0. The third kappa shape index (κ3) is 4.91. The highest BCUT2D eigenvalue weighted by atomic mass is 16.5. The van der Waals surface area contributed by atoms with Gasteiger partial charge in [0.15, 0.2) is 0 Å². The maximum atomic E-state index is 5.85. The fraction of sp³-hybridized carbons (Fsp3) is 0.0714. The van der Waals surface area contributed by atoms with Gasteiger partial charge in [-0.1, -0.05) is 24.3 Å². The molecule has 3 heterocycles. The number of benzene rings is 2. The molecule has 0 bridgehead atoms. The molecule has 3 aromatic heterocycles. The number of H-pyrrole nitrogens is 2. The quantitative estimate of drug-likeness (QED) is 0.296. The van der Waals surface area contributed by atoms with Crippen LogP contribution in [0.25, 0.3) is 35.2 Å². The molecule has 6 nitrogen and oxygen atoms in total. The molecule has 0 saturated heterocycles. The number of hydrogen-bond acceptors (Lipinski definition) is 4. The summed E-state index contributed by atoms with van der Waals surface area (Å²) in [6.07, 6.45) is 11.8. The Hall–Kier alpha value is -4.58. The van der Waals surface area contributed by atoms with Gasteiger partial charge < -0.3 is 14.5 Å². The largest absolute Gasteiger partial charge is 0.496 e. The molecule has 0 amide bonds. The Morgan fingerprint density at radius 3 is 2.71 bits per heavy atom. The zero-order valence-electron chi connectivity index (χ0n) is 18.7. The lowest BCUT2D eigenvalue weighted by Gasteiger charge is -2.09. The van der Waals surface area contributed by atoms with Gasteiger partial charge in [-0.3, -0.25) is 10.1 Å². The van der Waals surface area contributed by atoms with Crippen molar-refractivity contribution in [1.82, 2.24) is 20.2 Å². The second-order valence-electron chi connectivity index (χ2n) is 7.71. The smallest absolute Gasteiger partial charge is 0.130 e. The van der Waals surface area contributed by atoms with E-state index in [0.717, 1.165) is 45.2 Å². The van der Waals surface area contributed by atoms with E-state index in [0.29, 0.717) is 6.61 Å². The average molecular weight is 449 g/mol. The van der Waals surface area contributed by atoms with Gasteiger partial charge in [0, 0.05) is 34.9 Å². The summed E-state index contributed by atoms with van der Waals surface area (Å²) in [6.45, 7) is 0.404. The average Bonchev–Trinajstić information content (AvgIpc) is 3.55. The van der Waals surface area contributed by atoms with Crippen LogP contribution in [0.2, 0.25) is 0 Å². The van der Waals surface area contributed by atoms with E-state index in [2.05, 4.69) is 44.4 Å². The maximum Gasteiger partial charge on any atom is 0.130 e. The number of pyridine rings is 1. The first-order chi connectivity index (χ1) is 16.8. The summed E-state index contributed by atoms with van der Waals surface area (Å²) in [5.74, 6) is 1.45. The topological polar surface area (TPSA) is 75.8 Å². The van der Waals surface area contributed by atoms with Crippen LogP contribution in [0.5, 0.6) is 11.5 Å². The van der Waals surface area contributed by atoms with Crippen LogP contribution >= 0.6 is 0 Å². The molecular weight excluding hydrogens is 424 g/mol. The molecule has 5 rings (SSSR count). The van der Waals surface area contributed by atoms with Crippen LogP contribution in [0.4, 0.5) is 0 Å². The van der Waals surface area contributed by atoms with Gasteiger partial charge in [-0.25, -0.2) is 0 Å². The monoisotopic (exact) mass is 448 g/mol. The number of aromatic amines is 2. The number of methoxy groups -OCH3 is 1. The molecule has 0 atom stereocenters. The third-order valence-corrected chi connectivity index (χ3v) is 5.44.